The van der Waals surface area contributed by atoms with Crippen molar-refractivity contribution in [2.75, 3.05) is 6.61 Å². The van der Waals surface area contributed by atoms with Crippen molar-refractivity contribution >= 4 is 29.4 Å². The number of aromatic nitrogens is 2. The molecule has 0 aliphatic carbocycles. The van der Waals surface area contributed by atoms with E-state index in [2.05, 4.69) is 28.2 Å². The Labute approximate surface area is 234 Å². The van der Waals surface area contributed by atoms with Crippen molar-refractivity contribution in [3.63, 3.8) is 0 Å². The number of hydrogen-bond acceptors (Lipinski definition) is 13. The van der Waals surface area contributed by atoms with E-state index < -0.39 is 71.8 Å². The van der Waals surface area contributed by atoms with Gasteiger partial charge in [-0.15, -0.1) is 0 Å². The number of nitrogens with one attached hydrogen (secondary N) is 1. The van der Waals surface area contributed by atoms with E-state index in [-0.39, 0.29) is 23.1 Å². The predicted octanol–water partition coefficient (Wildman–Crippen LogP) is 1.44. The van der Waals surface area contributed by atoms with E-state index in [0.29, 0.717) is 0 Å². The van der Waals surface area contributed by atoms with Crippen LogP contribution in [0.2, 0.25) is 0 Å². The minimum atomic E-state index is -5.88. The SMILES string of the molecule is Cc1cn([C@H]2C[C@@H](OC(=O)c3ccccc3C(C)N=[N+]=[N-])[C@@H](COP(=O)([O-])OP(=O)(O)OP(=O)(O)O)O2)c(=O)[nH]c1=O. The standard InChI is InChI=1S/C19H24N5O15P3/c1-10-8-24(19(27)21-17(10)25)16-7-14(37-18(26)13-6-4-3-5-12(13)11(2)22-23-20)15(36-16)9-35-41(31,32)39-42(33,34)38-40(28,29)30/h3-6,8,11,14-16H,7,9H2,1-2H3,(H,31,32)(H,33,34)(H,21,25,27)(H2,28,29,30)/p-1/t11?,14-,15-,16-/m1/s1. The second kappa shape index (κ2) is 13.1. The fourth-order valence-corrected chi connectivity index (χ4v) is 6.79. The number of azide groups is 1. The summed E-state index contributed by atoms with van der Waals surface area (Å²) < 4.78 is 58.4. The third kappa shape index (κ3) is 9.02. The van der Waals surface area contributed by atoms with Gasteiger partial charge in [-0.05, 0) is 24.1 Å². The van der Waals surface area contributed by atoms with Gasteiger partial charge in [-0.1, -0.05) is 30.2 Å². The number of benzene rings is 1. The number of esters is 1. The normalized spacial score (nSPS) is 22.4. The highest BCUT2D eigenvalue weighted by Gasteiger charge is 2.42. The number of aromatic amines is 1. The van der Waals surface area contributed by atoms with Gasteiger partial charge in [0.2, 0.25) is 0 Å². The molecule has 3 rings (SSSR count). The first-order valence-corrected chi connectivity index (χ1v) is 16.0. The van der Waals surface area contributed by atoms with E-state index in [9.17, 15) is 37.9 Å². The Morgan fingerprint density at radius 1 is 1.26 bits per heavy atom. The molecule has 1 aromatic carbocycles. The van der Waals surface area contributed by atoms with Crippen LogP contribution in [-0.4, -0.2) is 49.0 Å². The van der Waals surface area contributed by atoms with Crippen LogP contribution >= 0.6 is 23.5 Å². The fourth-order valence-electron chi connectivity index (χ4n) is 3.80. The van der Waals surface area contributed by atoms with Crippen molar-refractivity contribution in [3.8, 4) is 0 Å². The Morgan fingerprint density at radius 2 is 1.93 bits per heavy atom. The number of aryl methyl sites for hydroxylation is 1. The summed E-state index contributed by atoms with van der Waals surface area (Å²) in [6.45, 7) is 1.85. The monoisotopic (exact) mass is 654 g/mol. The molecule has 20 nitrogen and oxygen atoms in total. The van der Waals surface area contributed by atoms with Crippen molar-refractivity contribution in [1.82, 2.24) is 9.55 Å². The zero-order valence-electron chi connectivity index (χ0n) is 21.5. The molecule has 0 bridgehead atoms. The first-order valence-electron chi connectivity index (χ1n) is 11.5. The fraction of sp³-hybridized carbons (Fsp3) is 0.421. The number of nitrogens with zero attached hydrogens (tertiary/aromatic N) is 4. The summed E-state index contributed by atoms with van der Waals surface area (Å²) in [5.74, 6) is -0.966. The zero-order chi connectivity index (χ0) is 31.5. The second-order valence-corrected chi connectivity index (χ2v) is 13.0. The molecule has 1 fully saturated rings. The van der Waals surface area contributed by atoms with Gasteiger partial charge in [-0.3, -0.25) is 18.9 Å². The Morgan fingerprint density at radius 3 is 2.57 bits per heavy atom. The molecule has 2 heterocycles. The molecule has 2 aromatic rings. The van der Waals surface area contributed by atoms with Crippen LogP contribution in [0, 0.1) is 6.92 Å². The van der Waals surface area contributed by atoms with Gasteiger partial charge in [-0.25, -0.2) is 23.0 Å². The lowest BCUT2D eigenvalue weighted by Crippen LogP contribution is -2.33. The molecule has 1 aliphatic rings. The Hall–Kier alpha value is -2.95. The van der Waals surface area contributed by atoms with Crippen LogP contribution < -0.4 is 16.1 Å². The van der Waals surface area contributed by atoms with Crippen LogP contribution in [0.25, 0.3) is 10.4 Å². The summed E-state index contributed by atoms with van der Waals surface area (Å²) in [5.41, 5.74) is 7.54. The quantitative estimate of drug-likeness (QED) is 0.0827. The highest BCUT2D eigenvalue weighted by molar-refractivity contribution is 7.66. The number of ether oxygens (including phenoxy) is 2. The summed E-state index contributed by atoms with van der Waals surface area (Å²) in [6.07, 6.45) is -3.23. The molecule has 0 saturated carbocycles. The van der Waals surface area contributed by atoms with Gasteiger partial charge in [0.05, 0.1) is 18.2 Å². The van der Waals surface area contributed by atoms with E-state index in [4.69, 9.17) is 24.8 Å². The van der Waals surface area contributed by atoms with Crippen LogP contribution in [0.4, 0.5) is 0 Å². The van der Waals surface area contributed by atoms with Crippen LogP contribution in [0.15, 0.2) is 45.2 Å². The molecule has 3 unspecified atom stereocenters. The van der Waals surface area contributed by atoms with Gasteiger partial charge in [-0.2, -0.15) is 4.31 Å². The lowest BCUT2D eigenvalue weighted by Gasteiger charge is -2.27. The van der Waals surface area contributed by atoms with Gasteiger partial charge < -0.3 is 33.6 Å². The molecule has 0 radical (unpaired) electrons. The van der Waals surface area contributed by atoms with Gasteiger partial charge >= 0.3 is 27.3 Å². The third-order valence-corrected chi connectivity index (χ3v) is 9.33. The van der Waals surface area contributed by atoms with Crippen molar-refractivity contribution in [3.05, 3.63) is 78.4 Å². The lowest BCUT2D eigenvalue weighted by molar-refractivity contribution is -0.221. The maximum Gasteiger partial charge on any atom is 0.487 e. The predicted molar refractivity (Wildman–Crippen MR) is 135 cm³/mol. The minimum absolute atomic E-state index is 0.0220. The summed E-state index contributed by atoms with van der Waals surface area (Å²) >= 11 is 0. The van der Waals surface area contributed by atoms with Crippen molar-refractivity contribution < 1.29 is 60.7 Å². The van der Waals surface area contributed by atoms with Gasteiger partial charge in [0.15, 0.2) is 0 Å². The van der Waals surface area contributed by atoms with Gasteiger partial charge in [0.25, 0.3) is 13.4 Å². The molecule has 1 aromatic heterocycles. The number of hydrogen-bond donors (Lipinski definition) is 4. The number of carbonyl (C=O) groups is 1. The molecule has 4 N–H and O–H groups in total. The number of rotatable bonds is 12. The van der Waals surface area contributed by atoms with E-state index in [1.807, 2.05) is 0 Å². The molecular weight excluding hydrogens is 631 g/mol. The molecule has 0 spiro atoms. The van der Waals surface area contributed by atoms with Crippen molar-refractivity contribution in [2.24, 2.45) is 5.11 Å². The van der Waals surface area contributed by atoms with E-state index >= 15 is 0 Å². The first kappa shape index (κ1) is 33.6. The smallest absolute Gasteiger partial charge is 0.487 e. The largest absolute Gasteiger partial charge is 0.756 e. The van der Waals surface area contributed by atoms with Crippen LogP contribution in [-0.2, 0) is 36.3 Å². The summed E-state index contributed by atoms with van der Waals surface area (Å²) in [5, 5.41) is 3.55. The highest BCUT2D eigenvalue weighted by atomic mass is 31.3. The molecule has 230 valence electrons. The minimum Gasteiger partial charge on any atom is -0.756 e. The second-order valence-electron chi connectivity index (χ2n) is 8.62. The summed E-state index contributed by atoms with van der Waals surface area (Å²) in [7, 11) is -17.4. The van der Waals surface area contributed by atoms with Crippen LogP contribution in [0.5, 0.6) is 0 Å². The summed E-state index contributed by atoms with van der Waals surface area (Å²) in [6, 6.07) is 5.16. The molecule has 42 heavy (non-hydrogen) atoms. The topological polar surface area (TPSA) is 302 Å². The number of phosphoric ester groups is 1. The van der Waals surface area contributed by atoms with E-state index in [1.54, 1.807) is 6.07 Å². The maximum absolute atomic E-state index is 13.1. The molecular formula is C19H23N5O15P3-. The van der Waals surface area contributed by atoms with Gasteiger partial charge in [0, 0.05) is 23.1 Å². The van der Waals surface area contributed by atoms with E-state index in [1.165, 1.54) is 32.0 Å². The average Bonchev–Trinajstić information content (AvgIpc) is 3.25. The number of H-pyrrole nitrogens is 1. The third-order valence-electron chi connectivity index (χ3n) is 5.56. The van der Waals surface area contributed by atoms with Crippen molar-refractivity contribution in [2.45, 2.75) is 44.7 Å². The molecule has 23 heteroatoms. The first-order chi connectivity index (χ1) is 19.4. The van der Waals surface area contributed by atoms with Crippen molar-refractivity contribution in [1.29, 1.82) is 0 Å². The number of carbonyl (C=O) groups excluding carboxylic acids is 1. The Bertz CT molecular complexity index is 1650. The van der Waals surface area contributed by atoms with Crippen LogP contribution in [0.3, 0.4) is 0 Å². The highest BCUT2D eigenvalue weighted by Crippen LogP contribution is 2.65. The number of phosphoric acid groups is 3. The van der Waals surface area contributed by atoms with E-state index in [0.717, 1.165) is 10.8 Å². The molecule has 1 aliphatic heterocycles. The average molecular weight is 654 g/mol. The Balaban J connectivity index is 1.88. The lowest BCUT2D eigenvalue weighted by atomic mass is 10.0. The summed E-state index contributed by atoms with van der Waals surface area (Å²) in [4.78, 5) is 80.8. The van der Waals surface area contributed by atoms with Crippen LogP contribution in [0.1, 0.15) is 47.1 Å². The Kier molecular flexibility index (Phi) is 10.5. The molecule has 6 atom stereocenters. The molecule has 0 amide bonds. The maximum atomic E-state index is 13.1. The van der Waals surface area contributed by atoms with Gasteiger partial charge in [0.1, 0.15) is 18.4 Å². The molecule has 1 saturated heterocycles. The zero-order valence-corrected chi connectivity index (χ0v) is 24.2.